The monoisotopic (exact) mass is 392 g/mol. The molecule has 0 amide bonds. The quantitative estimate of drug-likeness (QED) is 0.468. The Hall–Kier alpha value is -0.140. The van der Waals surface area contributed by atoms with Crippen LogP contribution in [0.5, 0.6) is 0 Å². The van der Waals surface area contributed by atoms with Crippen LogP contribution in [-0.2, 0) is 6.42 Å². The summed E-state index contributed by atoms with van der Waals surface area (Å²) < 4.78 is 2.08. The third-order valence-electron chi connectivity index (χ3n) is 2.83. The summed E-state index contributed by atoms with van der Waals surface area (Å²) in [5, 5.41) is 0. The highest BCUT2D eigenvalue weighted by molar-refractivity contribution is 14.1. The summed E-state index contributed by atoms with van der Waals surface area (Å²) in [5.41, 5.74) is 5.42. The lowest BCUT2D eigenvalue weighted by molar-refractivity contribution is 0.553. The lowest BCUT2D eigenvalue weighted by atomic mass is 10.0. The molecule has 2 aromatic rings. The second-order valence-electron chi connectivity index (χ2n) is 4.11. The molecule has 0 aliphatic carbocycles. The van der Waals surface area contributed by atoms with Gasteiger partial charge in [-0.2, -0.15) is 0 Å². The van der Waals surface area contributed by atoms with Gasteiger partial charge in [-0.15, -0.1) is 11.3 Å². The van der Waals surface area contributed by atoms with E-state index >= 15 is 0 Å². The summed E-state index contributed by atoms with van der Waals surface area (Å²) in [6.45, 7) is 2.11. The number of thiophene rings is 1. The lowest BCUT2D eigenvalue weighted by Crippen LogP contribution is -2.30. The Morgan fingerprint density at radius 2 is 2.17 bits per heavy atom. The van der Waals surface area contributed by atoms with Gasteiger partial charge in [0.05, 0.1) is 10.4 Å². The molecule has 0 saturated heterocycles. The van der Waals surface area contributed by atoms with Crippen molar-refractivity contribution in [2.24, 2.45) is 5.84 Å². The van der Waals surface area contributed by atoms with Gasteiger partial charge >= 0.3 is 0 Å². The first-order chi connectivity index (χ1) is 8.61. The SMILES string of the molecule is Cc1cccc(C(Cc2ccc(Cl)s2)NN)c1I. The molecule has 2 rings (SSSR count). The van der Waals surface area contributed by atoms with E-state index in [2.05, 4.69) is 59.2 Å². The fourth-order valence-electron chi connectivity index (χ4n) is 1.86. The van der Waals surface area contributed by atoms with Crippen LogP contribution in [0, 0.1) is 10.5 Å². The van der Waals surface area contributed by atoms with Gasteiger partial charge in [-0.3, -0.25) is 11.3 Å². The summed E-state index contributed by atoms with van der Waals surface area (Å²) >= 11 is 9.93. The maximum Gasteiger partial charge on any atom is 0.0931 e. The number of hydrazine groups is 1. The molecule has 5 heteroatoms. The largest absolute Gasteiger partial charge is 0.271 e. The second-order valence-corrected chi connectivity index (χ2v) is 6.99. The Morgan fingerprint density at radius 1 is 1.39 bits per heavy atom. The molecule has 0 fully saturated rings. The maximum atomic E-state index is 5.95. The van der Waals surface area contributed by atoms with Gasteiger partial charge in [0.25, 0.3) is 0 Å². The van der Waals surface area contributed by atoms with Crippen LogP contribution in [0.15, 0.2) is 30.3 Å². The van der Waals surface area contributed by atoms with Crippen molar-refractivity contribution >= 4 is 45.5 Å². The Bertz CT molecular complexity index is 542. The number of aryl methyl sites for hydroxylation is 1. The predicted molar refractivity (Wildman–Crippen MR) is 87.0 cm³/mol. The average molecular weight is 393 g/mol. The molecule has 96 valence electrons. The van der Waals surface area contributed by atoms with Crippen LogP contribution < -0.4 is 11.3 Å². The fourth-order valence-corrected chi connectivity index (χ4v) is 3.73. The van der Waals surface area contributed by atoms with Crippen molar-refractivity contribution in [3.8, 4) is 0 Å². The minimum absolute atomic E-state index is 0.117. The molecule has 1 unspecified atom stereocenters. The summed E-state index contributed by atoms with van der Waals surface area (Å²) in [4.78, 5) is 1.24. The van der Waals surface area contributed by atoms with Crippen LogP contribution in [0.3, 0.4) is 0 Å². The average Bonchev–Trinajstić information content (AvgIpc) is 2.76. The summed E-state index contributed by atoms with van der Waals surface area (Å²) in [6.07, 6.45) is 0.855. The van der Waals surface area contributed by atoms with Crippen LogP contribution in [0.25, 0.3) is 0 Å². The number of rotatable bonds is 4. The van der Waals surface area contributed by atoms with Crippen LogP contribution in [0.4, 0.5) is 0 Å². The number of hydrogen-bond acceptors (Lipinski definition) is 3. The molecule has 0 aliphatic heterocycles. The fraction of sp³-hybridized carbons (Fsp3) is 0.231. The molecule has 1 aromatic carbocycles. The molecule has 1 atom stereocenters. The molecule has 18 heavy (non-hydrogen) atoms. The van der Waals surface area contributed by atoms with Crippen molar-refractivity contribution in [3.05, 3.63) is 54.2 Å². The number of nitrogens with one attached hydrogen (secondary N) is 1. The third kappa shape index (κ3) is 3.24. The van der Waals surface area contributed by atoms with Gasteiger partial charge in [0.15, 0.2) is 0 Å². The van der Waals surface area contributed by atoms with E-state index in [1.54, 1.807) is 11.3 Å². The van der Waals surface area contributed by atoms with Crippen LogP contribution in [-0.4, -0.2) is 0 Å². The highest BCUT2D eigenvalue weighted by atomic mass is 127. The van der Waals surface area contributed by atoms with Gasteiger partial charge in [0.2, 0.25) is 0 Å². The van der Waals surface area contributed by atoms with E-state index in [-0.39, 0.29) is 6.04 Å². The van der Waals surface area contributed by atoms with Crippen molar-refractivity contribution in [1.29, 1.82) is 0 Å². The summed E-state index contributed by atoms with van der Waals surface area (Å²) in [6, 6.07) is 10.4. The molecule has 3 N–H and O–H groups in total. The highest BCUT2D eigenvalue weighted by Crippen LogP contribution is 2.29. The van der Waals surface area contributed by atoms with Crippen molar-refractivity contribution in [2.45, 2.75) is 19.4 Å². The van der Waals surface area contributed by atoms with Crippen molar-refractivity contribution in [2.75, 3.05) is 0 Å². The highest BCUT2D eigenvalue weighted by Gasteiger charge is 2.15. The summed E-state index contributed by atoms with van der Waals surface area (Å²) in [7, 11) is 0. The van der Waals surface area contributed by atoms with Crippen molar-refractivity contribution < 1.29 is 0 Å². The minimum Gasteiger partial charge on any atom is -0.271 e. The molecule has 0 aliphatic rings. The molecule has 2 nitrogen and oxygen atoms in total. The Morgan fingerprint density at radius 3 is 2.78 bits per heavy atom. The van der Waals surface area contributed by atoms with E-state index in [1.165, 1.54) is 19.6 Å². The van der Waals surface area contributed by atoms with Gasteiger partial charge in [-0.25, -0.2) is 0 Å². The molecule has 0 spiro atoms. The first kappa shape index (κ1) is 14.3. The maximum absolute atomic E-state index is 5.95. The predicted octanol–water partition coefficient (Wildman–Crippen LogP) is 4.06. The molecule has 0 radical (unpaired) electrons. The zero-order chi connectivity index (χ0) is 13.1. The minimum atomic E-state index is 0.117. The van der Waals surface area contributed by atoms with E-state index in [0.717, 1.165) is 10.8 Å². The zero-order valence-corrected chi connectivity index (χ0v) is 13.6. The molecule has 0 bridgehead atoms. The Balaban J connectivity index is 2.25. The standard InChI is InChI=1S/C13H14ClIN2S/c1-8-3-2-4-10(13(8)15)11(17-16)7-9-5-6-12(14)18-9/h2-6,11,17H,7,16H2,1H3. The second kappa shape index (κ2) is 6.34. The normalized spacial score (nSPS) is 12.7. The van der Waals surface area contributed by atoms with Gasteiger partial charge in [-0.1, -0.05) is 29.8 Å². The molecule has 0 saturated carbocycles. The van der Waals surface area contributed by atoms with E-state index in [9.17, 15) is 0 Å². The molecule has 1 aromatic heterocycles. The number of halogens is 2. The Kier molecular flexibility index (Phi) is 5.03. The topological polar surface area (TPSA) is 38.0 Å². The third-order valence-corrected chi connectivity index (χ3v) is 5.56. The van der Waals surface area contributed by atoms with Crippen LogP contribution in [0.1, 0.15) is 22.0 Å². The van der Waals surface area contributed by atoms with Crippen molar-refractivity contribution in [1.82, 2.24) is 5.43 Å². The summed E-state index contributed by atoms with van der Waals surface area (Å²) in [5.74, 6) is 5.70. The number of hydrogen-bond donors (Lipinski definition) is 2. The van der Waals surface area contributed by atoms with Gasteiger partial charge in [0.1, 0.15) is 0 Å². The van der Waals surface area contributed by atoms with Gasteiger partial charge < -0.3 is 0 Å². The number of benzene rings is 1. The molecular weight excluding hydrogens is 379 g/mol. The Labute approximate surface area is 130 Å². The first-order valence-corrected chi connectivity index (χ1v) is 7.84. The zero-order valence-electron chi connectivity index (χ0n) is 9.91. The van der Waals surface area contributed by atoms with Crippen molar-refractivity contribution in [3.63, 3.8) is 0 Å². The smallest absolute Gasteiger partial charge is 0.0931 e. The van der Waals surface area contributed by atoms with Crippen LogP contribution >= 0.6 is 45.5 Å². The molecule has 1 heterocycles. The van der Waals surface area contributed by atoms with Crippen LogP contribution in [0.2, 0.25) is 4.34 Å². The molecular formula is C13H14ClIN2S. The van der Waals surface area contributed by atoms with E-state index in [0.29, 0.717) is 0 Å². The van der Waals surface area contributed by atoms with E-state index < -0.39 is 0 Å². The lowest BCUT2D eigenvalue weighted by Gasteiger charge is -2.18. The van der Waals surface area contributed by atoms with E-state index in [1.807, 2.05) is 6.07 Å². The first-order valence-electron chi connectivity index (χ1n) is 5.57. The van der Waals surface area contributed by atoms with E-state index in [4.69, 9.17) is 17.4 Å². The number of nitrogens with two attached hydrogens (primary N) is 1. The van der Waals surface area contributed by atoms with Gasteiger partial charge in [-0.05, 0) is 52.8 Å². The van der Waals surface area contributed by atoms with Gasteiger partial charge in [0, 0.05) is 14.9 Å².